The fourth-order valence-corrected chi connectivity index (χ4v) is 2.52. The Morgan fingerprint density at radius 3 is 2.52 bits per heavy atom. The lowest BCUT2D eigenvalue weighted by Crippen LogP contribution is -2.34. The second-order valence-electron chi connectivity index (χ2n) is 6.22. The first-order valence-electron chi connectivity index (χ1n) is 7.54. The van der Waals surface area contributed by atoms with Gasteiger partial charge < -0.3 is 10.1 Å². The Hall–Kier alpha value is -1.25. The highest BCUT2D eigenvalue weighted by molar-refractivity contribution is 6.35. The lowest BCUT2D eigenvalue weighted by molar-refractivity contribution is 0.178. The maximum Gasteiger partial charge on any atom is 0.127 e. The largest absolute Gasteiger partial charge is 0.492 e. The zero-order valence-electron chi connectivity index (χ0n) is 13.1. The molecule has 0 heterocycles. The molecule has 0 amide bonds. The molecule has 0 bridgehead atoms. The smallest absolute Gasteiger partial charge is 0.127 e. The van der Waals surface area contributed by atoms with Gasteiger partial charge in [0.1, 0.15) is 5.75 Å². The maximum atomic E-state index is 6.24. The van der Waals surface area contributed by atoms with Gasteiger partial charge in [-0.15, -0.1) is 0 Å². The van der Waals surface area contributed by atoms with Crippen LogP contribution < -0.4 is 10.1 Å². The molecule has 0 aliphatic heterocycles. The van der Waals surface area contributed by atoms with Crippen molar-refractivity contribution in [1.82, 2.24) is 5.32 Å². The molecule has 0 atom stereocenters. The molecule has 21 heavy (non-hydrogen) atoms. The molecule has 2 rings (SSSR count). The number of nitrogens with one attached hydrogen (secondary N) is 1. The third kappa shape index (κ3) is 4.36. The van der Waals surface area contributed by atoms with Crippen LogP contribution >= 0.6 is 11.6 Å². The molecule has 0 saturated carbocycles. The predicted octanol–water partition coefficient (Wildman–Crippen LogP) is 4.90. The SMILES string of the molecule is CCCNCC(C)(C)COc1ccc(Cl)c2ccccc12. The summed E-state index contributed by atoms with van der Waals surface area (Å²) in [5.74, 6) is 0.901. The summed E-state index contributed by atoms with van der Waals surface area (Å²) in [6.07, 6.45) is 1.15. The fraction of sp³-hybridized carbons (Fsp3) is 0.444. The molecule has 0 spiro atoms. The highest BCUT2D eigenvalue weighted by atomic mass is 35.5. The number of ether oxygens (including phenoxy) is 1. The third-order valence-corrected chi connectivity index (χ3v) is 3.81. The van der Waals surface area contributed by atoms with Gasteiger partial charge in [-0.25, -0.2) is 0 Å². The third-order valence-electron chi connectivity index (χ3n) is 3.48. The highest BCUT2D eigenvalue weighted by Gasteiger charge is 2.19. The quantitative estimate of drug-likeness (QED) is 0.735. The van der Waals surface area contributed by atoms with Gasteiger partial charge in [0, 0.05) is 27.8 Å². The minimum atomic E-state index is 0.0932. The number of halogens is 1. The van der Waals surface area contributed by atoms with Crippen molar-refractivity contribution in [2.75, 3.05) is 19.7 Å². The van der Waals surface area contributed by atoms with Crippen LogP contribution in [0.25, 0.3) is 10.8 Å². The molecule has 2 aromatic rings. The van der Waals surface area contributed by atoms with Crippen LogP contribution in [0.2, 0.25) is 5.02 Å². The number of hydrogen-bond acceptors (Lipinski definition) is 2. The van der Waals surface area contributed by atoms with Crippen molar-refractivity contribution in [3.63, 3.8) is 0 Å². The second-order valence-corrected chi connectivity index (χ2v) is 6.63. The van der Waals surface area contributed by atoms with E-state index in [4.69, 9.17) is 16.3 Å². The van der Waals surface area contributed by atoms with E-state index < -0.39 is 0 Å². The molecule has 0 fully saturated rings. The van der Waals surface area contributed by atoms with Gasteiger partial charge in [-0.2, -0.15) is 0 Å². The van der Waals surface area contributed by atoms with E-state index in [2.05, 4.69) is 32.2 Å². The first kappa shape index (κ1) is 16.1. The Morgan fingerprint density at radius 1 is 1.10 bits per heavy atom. The summed E-state index contributed by atoms with van der Waals surface area (Å²) in [5.41, 5.74) is 0.0932. The summed E-state index contributed by atoms with van der Waals surface area (Å²) >= 11 is 6.24. The van der Waals surface area contributed by atoms with Gasteiger partial charge in [0.15, 0.2) is 0 Å². The lowest BCUT2D eigenvalue weighted by Gasteiger charge is -2.25. The molecule has 114 valence electrons. The van der Waals surface area contributed by atoms with Crippen molar-refractivity contribution in [3.8, 4) is 5.75 Å². The van der Waals surface area contributed by atoms with Crippen molar-refractivity contribution in [2.45, 2.75) is 27.2 Å². The van der Waals surface area contributed by atoms with Crippen LogP contribution in [-0.2, 0) is 0 Å². The molecular formula is C18H24ClNO. The Morgan fingerprint density at radius 2 is 1.81 bits per heavy atom. The van der Waals surface area contributed by atoms with Gasteiger partial charge in [-0.3, -0.25) is 0 Å². The number of hydrogen-bond donors (Lipinski definition) is 1. The molecular weight excluding hydrogens is 282 g/mol. The van der Waals surface area contributed by atoms with Crippen LogP contribution in [0.1, 0.15) is 27.2 Å². The van der Waals surface area contributed by atoms with Gasteiger partial charge in [0.25, 0.3) is 0 Å². The highest BCUT2D eigenvalue weighted by Crippen LogP contribution is 2.32. The van der Waals surface area contributed by atoms with Gasteiger partial charge in [0.05, 0.1) is 6.61 Å². The summed E-state index contributed by atoms with van der Waals surface area (Å²) in [4.78, 5) is 0. The molecule has 0 aliphatic carbocycles. The van der Waals surface area contributed by atoms with Crippen LogP contribution in [0.5, 0.6) is 5.75 Å². The van der Waals surface area contributed by atoms with E-state index >= 15 is 0 Å². The van der Waals surface area contributed by atoms with E-state index in [1.807, 2.05) is 30.3 Å². The fourth-order valence-electron chi connectivity index (χ4n) is 2.29. The molecule has 2 aromatic carbocycles. The van der Waals surface area contributed by atoms with Crippen LogP contribution in [0.3, 0.4) is 0 Å². The predicted molar refractivity (Wildman–Crippen MR) is 91.4 cm³/mol. The van der Waals surface area contributed by atoms with Crippen molar-refractivity contribution >= 4 is 22.4 Å². The van der Waals surface area contributed by atoms with Crippen LogP contribution in [-0.4, -0.2) is 19.7 Å². The van der Waals surface area contributed by atoms with Gasteiger partial charge in [-0.1, -0.05) is 56.6 Å². The number of rotatable bonds is 7. The van der Waals surface area contributed by atoms with Gasteiger partial charge in [0.2, 0.25) is 0 Å². The Bertz CT molecular complexity index is 595. The molecule has 0 radical (unpaired) electrons. The van der Waals surface area contributed by atoms with Crippen LogP contribution in [0, 0.1) is 5.41 Å². The minimum Gasteiger partial charge on any atom is -0.492 e. The van der Waals surface area contributed by atoms with E-state index in [-0.39, 0.29) is 5.41 Å². The molecule has 1 N–H and O–H groups in total. The molecule has 0 aromatic heterocycles. The van der Waals surface area contributed by atoms with Crippen molar-refractivity contribution in [1.29, 1.82) is 0 Å². The lowest BCUT2D eigenvalue weighted by atomic mass is 9.95. The normalized spacial score (nSPS) is 11.8. The monoisotopic (exact) mass is 305 g/mol. The average Bonchev–Trinajstić information content (AvgIpc) is 2.47. The van der Waals surface area contributed by atoms with Crippen LogP contribution in [0.4, 0.5) is 0 Å². The Kier molecular flexibility index (Phi) is 5.49. The van der Waals surface area contributed by atoms with E-state index in [1.54, 1.807) is 0 Å². The van der Waals surface area contributed by atoms with E-state index in [0.29, 0.717) is 6.61 Å². The van der Waals surface area contributed by atoms with Crippen molar-refractivity contribution < 1.29 is 4.74 Å². The average molecular weight is 306 g/mol. The summed E-state index contributed by atoms with van der Waals surface area (Å²) in [6, 6.07) is 12.0. The first-order chi connectivity index (χ1) is 10.0. The maximum absolute atomic E-state index is 6.24. The Labute approximate surface area is 132 Å². The summed E-state index contributed by atoms with van der Waals surface area (Å²) in [7, 11) is 0. The van der Waals surface area contributed by atoms with Crippen LogP contribution in [0.15, 0.2) is 36.4 Å². The summed E-state index contributed by atoms with van der Waals surface area (Å²) in [5, 5.41) is 6.33. The standard InChI is InChI=1S/C18H24ClNO/c1-4-11-20-12-18(2,3)13-21-17-10-9-16(19)14-7-5-6-8-15(14)17/h5-10,20H,4,11-13H2,1-3H3. The van der Waals surface area contributed by atoms with E-state index in [1.165, 1.54) is 0 Å². The molecule has 0 unspecified atom stereocenters. The Balaban J connectivity index is 2.08. The van der Waals surface area contributed by atoms with Crippen molar-refractivity contribution in [2.24, 2.45) is 5.41 Å². The first-order valence-corrected chi connectivity index (χ1v) is 7.92. The summed E-state index contributed by atoms with van der Waals surface area (Å²) in [6.45, 7) is 9.28. The number of benzene rings is 2. The number of fused-ring (bicyclic) bond motifs is 1. The van der Waals surface area contributed by atoms with E-state index in [9.17, 15) is 0 Å². The molecule has 0 saturated heterocycles. The zero-order chi connectivity index (χ0) is 15.3. The molecule has 0 aliphatic rings. The van der Waals surface area contributed by atoms with Gasteiger partial charge in [-0.05, 0) is 25.1 Å². The van der Waals surface area contributed by atoms with E-state index in [0.717, 1.165) is 41.1 Å². The molecule has 3 heteroatoms. The minimum absolute atomic E-state index is 0.0932. The topological polar surface area (TPSA) is 21.3 Å². The molecule has 2 nitrogen and oxygen atoms in total. The zero-order valence-corrected chi connectivity index (χ0v) is 13.8. The summed E-state index contributed by atoms with van der Waals surface area (Å²) < 4.78 is 6.07. The van der Waals surface area contributed by atoms with Crippen molar-refractivity contribution in [3.05, 3.63) is 41.4 Å². The van der Waals surface area contributed by atoms with Gasteiger partial charge >= 0.3 is 0 Å². The second kappa shape index (κ2) is 7.15.